The summed E-state index contributed by atoms with van der Waals surface area (Å²) in [7, 11) is 3.78. The Balaban J connectivity index is 0. The van der Waals surface area contributed by atoms with Crippen molar-refractivity contribution < 1.29 is 19.5 Å². The molecular formula is C21H41N3O4. The van der Waals surface area contributed by atoms with E-state index in [4.69, 9.17) is 5.11 Å². The first-order valence-electron chi connectivity index (χ1n) is 10.1. The van der Waals surface area contributed by atoms with E-state index in [0.29, 0.717) is 6.41 Å². The number of aliphatic carboxylic acids is 1. The zero-order chi connectivity index (χ0) is 22.1. The Morgan fingerprint density at radius 2 is 1.68 bits per heavy atom. The van der Waals surface area contributed by atoms with Crippen LogP contribution in [0.15, 0.2) is 11.6 Å². The van der Waals surface area contributed by atoms with Crippen LogP contribution < -0.4 is 5.32 Å². The molecule has 1 aliphatic heterocycles. The number of amides is 2. The van der Waals surface area contributed by atoms with E-state index in [2.05, 4.69) is 31.1 Å². The normalized spacial score (nSPS) is 15.4. The van der Waals surface area contributed by atoms with Gasteiger partial charge in [0.05, 0.1) is 12.6 Å². The van der Waals surface area contributed by atoms with Crippen molar-refractivity contribution in [1.82, 2.24) is 15.1 Å². The van der Waals surface area contributed by atoms with Crippen molar-refractivity contribution in [2.24, 2.45) is 5.92 Å². The highest BCUT2D eigenvalue weighted by Crippen LogP contribution is 2.13. The summed E-state index contributed by atoms with van der Waals surface area (Å²) in [6.45, 7) is 12.1. The second-order valence-corrected chi connectivity index (χ2v) is 7.46. The third kappa shape index (κ3) is 14.2. The van der Waals surface area contributed by atoms with Crippen molar-refractivity contribution >= 4 is 18.3 Å². The monoisotopic (exact) mass is 399 g/mol. The lowest BCUT2D eigenvalue weighted by Crippen LogP contribution is -2.43. The van der Waals surface area contributed by atoms with Gasteiger partial charge in [0, 0.05) is 12.6 Å². The minimum absolute atomic E-state index is 0.0736. The quantitative estimate of drug-likeness (QED) is 0.507. The van der Waals surface area contributed by atoms with Crippen molar-refractivity contribution in [3.63, 3.8) is 0 Å². The molecule has 0 radical (unpaired) electrons. The molecule has 1 atom stereocenters. The number of carbonyl (C=O) groups excluding carboxylic acids is 2. The molecule has 164 valence electrons. The van der Waals surface area contributed by atoms with Crippen LogP contribution in [0.3, 0.4) is 0 Å². The molecule has 28 heavy (non-hydrogen) atoms. The third-order valence-corrected chi connectivity index (χ3v) is 4.20. The first kappa shape index (κ1) is 28.3. The average molecular weight is 400 g/mol. The van der Waals surface area contributed by atoms with Crippen LogP contribution >= 0.6 is 0 Å². The molecule has 1 fully saturated rings. The number of likely N-dealkylation sites (tertiary alicyclic amines) is 1. The topological polar surface area (TPSA) is 90.0 Å². The van der Waals surface area contributed by atoms with E-state index < -0.39 is 5.97 Å². The number of carbonyl (C=O) groups is 3. The van der Waals surface area contributed by atoms with E-state index >= 15 is 0 Å². The molecule has 1 saturated heterocycles. The molecule has 2 N–H and O–H groups in total. The lowest BCUT2D eigenvalue weighted by molar-refractivity contribution is -0.133. The molecule has 0 aromatic heterocycles. The standard InChI is InChI=1S/C12H20N2O4.C6H13N.C3H8/c1-8(2)10(5-9(3)12(17)18)14(4)11(16)6-13-7-15;1-7-5-3-2-4-6-7;1-3-2/h5,7-8,10H,6H2,1-4H3,(H,13,15)(H,17,18);2-6H2,1H3;3H2,1-2H3/b9-5+;;/t10-;;/m1../s1. The Bertz CT molecular complexity index is 472. The van der Waals surface area contributed by atoms with Crippen LogP contribution in [-0.2, 0) is 14.4 Å². The van der Waals surface area contributed by atoms with E-state index in [-0.39, 0.29) is 30.0 Å². The van der Waals surface area contributed by atoms with Crippen molar-refractivity contribution in [2.75, 3.05) is 33.7 Å². The van der Waals surface area contributed by atoms with Gasteiger partial charge in [0.1, 0.15) is 0 Å². The van der Waals surface area contributed by atoms with Gasteiger partial charge < -0.3 is 20.2 Å². The molecule has 7 nitrogen and oxygen atoms in total. The van der Waals surface area contributed by atoms with Gasteiger partial charge in [-0.05, 0) is 45.8 Å². The van der Waals surface area contributed by atoms with E-state index in [1.54, 1.807) is 13.1 Å². The molecule has 0 aromatic carbocycles. The SMILES string of the molecule is C/C(=C\[C@H](C(C)C)N(C)C(=O)CNC=O)C(=O)O.CCC.CN1CCCCC1. The Labute approximate surface area is 171 Å². The second kappa shape index (κ2) is 17.2. The number of carboxylic acids is 1. The van der Waals surface area contributed by atoms with Crippen molar-refractivity contribution in [3.05, 3.63) is 11.6 Å². The van der Waals surface area contributed by atoms with Gasteiger partial charge >= 0.3 is 5.97 Å². The molecule has 0 aliphatic carbocycles. The molecule has 0 spiro atoms. The molecule has 0 aromatic rings. The number of carboxylic acid groups (broad SMARTS) is 1. The van der Waals surface area contributed by atoms with Gasteiger partial charge in [-0.25, -0.2) is 4.79 Å². The largest absolute Gasteiger partial charge is 0.478 e. The highest BCUT2D eigenvalue weighted by molar-refractivity contribution is 5.86. The van der Waals surface area contributed by atoms with E-state index in [0.717, 1.165) is 0 Å². The highest BCUT2D eigenvalue weighted by Gasteiger charge is 2.21. The minimum atomic E-state index is -1.01. The summed E-state index contributed by atoms with van der Waals surface area (Å²) in [6, 6.07) is -0.318. The highest BCUT2D eigenvalue weighted by atomic mass is 16.4. The van der Waals surface area contributed by atoms with Gasteiger partial charge in [-0.3, -0.25) is 9.59 Å². The molecule has 0 bridgehead atoms. The van der Waals surface area contributed by atoms with Crippen LogP contribution in [0.25, 0.3) is 0 Å². The molecule has 1 heterocycles. The zero-order valence-electron chi connectivity index (χ0n) is 18.8. The Hall–Kier alpha value is -1.89. The number of nitrogens with zero attached hydrogens (tertiary/aromatic N) is 2. The van der Waals surface area contributed by atoms with Crippen LogP contribution in [-0.4, -0.2) is 73.0 Å². The Morgan fingerprint density at radius 3 is 2.00 bits per heavy atom. The van der Waals surface area contributed by atoms with Gasteiger partial charge in [0.25, 0.3) is 0 Å². The summed E-state index contributed by atoms with van der Waals surface area (Å²) in [6.07, 6.45) is 7.53. The average Bonchev–Trinajstić information content (AvgIpc) is 2.64. The zero-order valence-corrected chi connectivity index (χ0v) is 18.8. The van der Waals surface area contributed by atoms with E-state index in [1.807, 2.05) is 13.8 Å². The molecule has 1 rings (SSSR count). The maximum atomic E-state index is 11.7. The van der Waals surface area contributed by atoms with Crippen LogP contribution in [0.4, 0.5) is 0 Å². The fourth-order valence-electron chi connectivity index (χ4n) is 2.55. The minimum Gasteiger partial charge on any atom is -0.478 e. The summed E-state index contributed by atoms with van der Waals surface area (Å²) in [5.41, 5.74) is 0.191. The molecule has 1 aliphatic rings. The summed E-state index contributed by atoms with van der Waals surface area (Å²) in [5, 5.41) is 11.1. The predicted molar refractivity (Wildman–Crippen MR) is 114 cm³/mol. The fourth-order valence-corrected chi connectivity index (χ4v) is 2.55. The number of hydrogen-bond donors (Lipinski definition) is 2. The van der Waals surface area contributed by atoms with Crippen LogP contribution in [0.1, 0.15) is 60.3 Å². The fraction of sp³-hybridized carbons (Fsp3) is 0.762. The van der Waals surface area contributed by atoms with Gasteiger partial charge in [-0.15, -0.1) is 0 Å². The smallest absolute Gasteiger partial charge is 0.331 e. The van der Waals surface area contributed by atoms with Gasteiger partial charge in [0.2, 0.25) is 12.3 Å². The summed E-state index contributed by atoms with van der Waals surface area (Å²) >= 11 is 0. The van der Waals surface area contributed by atoms with Gasteiger partial charge in [-0.1, -0.05) is 46.6 Å². The number of piperidine rings is 1. The predicted octanol–water partition coefficient (Wildman–Crippen LogP) is 2.76. The summed E-state index contributed by atoms with van der Waals surface area (Å²) < 4.78 is 0. The van der Waals surface area contributed by atoms with Crippen molar-refractivity contribution in [2.45, 2.75) is 66.3 Å². The second-order valence-electron chi connectivity index (χ2n) is 7.46. The van der Waals surface area contributed by atoms with E-state index in [1.165, 1.54) is 50.6 Å². The molecule has 0 saturated carbocycles. The van der Waals surface area contributed by atoms with Crippen molar-refractivity contribution in [1.29, 1.82) is 0 Å². The maximum absolute atomic E-state index is 11.7. The molecule has 7 heteroatoms. The lowest BCUT2D eigenvalue weighted by Gasteiger charge is -2.29. The Kier molecular flexibility index (Phi) is 17.4. The number of likely N-dealkylation sites (N-methyl/N-ethyl adjacent to an activating group) is 1. The summed E-state index contributed by atoms with van der Waals surface area (Å²) in [5.74, 6) is -1.20. The first-order chi connectivity index (χ1) is 13.1. The molecule has 0 unspecified atom stereocenters. The lowest BCUT2D eigenvalue weighted by atomic mass is 10.00. The van der Waals surface area contributed by atoms with Crippen LogP contribution in [0.5, 0.6) is 0 Å². The number of hydrogen-bond acceptors (Lipinski definition) is 4. The van der Waals surface area contributed by atoms with Gasteiger partial charge in [-0.2, -0.15) is 0 Å². The molecular weight excluding hydrogens is 358 g/mol. The first-order valence-corrected chi connectivity index (χ1v) is 10.1. The Morgan fingerprint density at radius 1 is 1.18 bits per heavy atom. The third-order valence-electron chi connectivity index (χ3n) is 4.20. The van der Waals surface area contributed by atoms with Crippen LogP contribution in [0.2, 0.25) is 0 Å². The molecule has 2 amide bonds. The summed E-state index contributed by atoms with van der Waals surface area (Å²) in [4.78, 5) is 36.5. The maximum Gasteiger partial charge on any atom is 0.331 e. The van der Waals surface area contributed by atoms with Crippen LogP contribution in [0, 0.1) is 5.92 Å². The van der Waals surface area contributed by atoms with Crippen molar-refractivity contribution in [3.8, 4) is 0 Å². The van der Waals surface area contributed by atoms with Gasteiger partial charge in [0.15, 0.2) is 0 Å². The number of rotatable bonds is 7. The van der Waals surface area contributed by atoms with E-state index in [9.17, 15) is 14.4 Å². The number of nitrogens with one attached hydrogen (secondary N) is 1.